The molecular formula is C28H20N8O14. The zero-order chi connectivity index (χ0) is 36.9. The SMILES string of the molecule is COc1cc(/C=C/c2ccc(Nc3c([N+](=O)[O-])cc([N+](=O)[O-])cc3[N+](=O)[O-])c(OC)c2)ccc1Nc1c([N+](=O)[O-])cc([N+](=O)[O-])cc1[N+](=O)[O-]. The van der Waals surface area contributed by atoms with E-state index in [9.17, 15) is 60.7 Å². The molecule has 0 fully saturated rings. The first kappa shape index (κ1) is 35.1. The van der Waals surface area contributed by atoms with E-state index >= 15 is 0 Å². The fourth-order valence-corrected chi connectivity index (χ4v) is 4.53. The highest BCUT2D eigenvalue weighted by Gasteiger charge is 2.32. The van der Waals surface area contributed by atoms with Gasteiger partial charge in [-0.25, -0.2) is 0 Å². The molecule has 4 aromatic carbocycles. The first-order valence-electron chi connectivity index (χ1n) is 13.5. The number of hydrogen-bond acceptors (Lipinski definition) is 16. The molecule has 22 heteroatoms. The number of nitrogens with one attached hydrogen (secondary N) is 2. The molecule has 0 unspecified atom stereocenters. The number of hydrogen-bond donors (Lipinski definition) is 2. The minimum Gasteiger partial charge on any atom is -0.495 e. The van der Waals surface area contributed by atoms with Gasteiger partial charge in [0.25, 0.3) is 11.4 Å². The van der Waals surface area contributed by atoms with Crippen LogP contribution in [0.5, 0.6) is 11.5 Å². The van der Waals surface area contributed by atoms with Crippen molar-refractivity contribution in [2.75, 3.05) is 24.9 Å². The van der Waals surface area contributed by atoms with Gasteiger partial charge in [-0.1, -0.05) is 24.3 Å². The Kier molecular flexibility index (Phi) is 10.1. The highest BCUT2D eigenvalue weighted by Crippen LogP contribution is 2.43. The molecule has 0 amide bonds. The van der Waals surface area contributed by atoms with E-state index < -0.39 is 75.0 Å². The quantitative estimate of drug-likeness (QED) is 0.0778. The summed E-state index contributed by atoms with van der Waals surface area (Å²) in [7, 11) is 2.53. The van der Waals surface area contributed by atoms with E-state index in [0.717, 1.165) is 0 Å². The Balaban J connectivity index is 1.66. The lowest BCUT2D eigenvalue weighted by molar-refractivity contribution is -0.402. The third-order valence-corrected chi connectivity index (χ3v) is 6.81. The Morgan fingerprint density at radius 3 is 1.02 bits per heavy atom. The molecule has 4 rings (SSSR count). The monoisotopic (exact) mass is 692 g/mol. The van der Waals surface area contributed by atoms with Crippen molar-refractivity contribution in [1.29, 1.82) is 0 Å². The number of nitro groups is 6. The van der Waals surface area contributed by atoms with Crippen LogP contribution in [0.2, 0.25) is 0 Å². The number of anilines is 4. The lowest BCUT2D eigenvalue weighted by Crippen LogP contribution is -2.04. The molecule has 0 aromatic heterocycles. The zero-order valence-electron chi connectivity index (χ0n) is 25.3. The van der Waals surface area contributed by atoms with Crippen LogP contribution in [0.4, 0.5) is 56.9 Å². The molecule has 22 nitrogen and oxygen atoms in total. The molecule has 0 aliphatic heterocycles. The summed E-state index contributed by atoms with van der Waals surface area (Å²) >= 11 is 0. The summed E-state index contributed by atoms with van der Waals surface area (Å²) in [5.41, 5.74) is -5.49. The van der Waals surface area contributed by atoms with Gasteiger partial charge < -0.3 is 20.1 Å². The first-order valence-corrected chi connectivity index (χ1v) is 13.5. The largest absolute Gasteiger partial charge is 0.495 e. The van der Waals surface area contributed by atoms with Crippen molar-refractivity contribution in [2.24, 2.45) is 0 Å². The Labute approximate surface area is 277 Å². The molecule has 0 saturated carbocycles. The second-order valence-corrected chi connectivity index (χ2v) is 9.76. The molecule has 2 N–H and O–H groups in total. The molecule has 4 aromatic rings. The number of methoxy groups -OCH3 is 2. The lowest BCUT2D eigenvalue weighted by atomic mass is 10.1. The van der Waals surface area contributed by atoms with Crippen molar-refractivity contribution < 1.29 is 39.0 Å². The second-order valence-electron chi connectivity index (χ2n) is 9.76. The molecule has 0 saturated heterocycles. The van der Waals surface area contributed by atoms with Gasteiger partial charge in [0.2, 0.25) is 0 Å². The average molecular weight is 693 g/mol. The number of rotatable bonds is 14. The van der Waals surface area contributed by atoms with Crippen LogP contribution < -0.4 is 20.1 Å². The highest BCUT2D eigenvalue weighted by molar-refractivity contribution is 5.85. The molecule has 0 spiro atoms. The maximum absolute atomic E-state index is 11.7. The van der Waals surface area contributed by atoms with Crippen molar-refractivity contribution in [3.8, 4) is 11.5 Å². The van der Waals surface area contributed by atoms with Gasteiger partial charge in [-0.05, 0) is 35.4 Å². The lowest BCUT2D eigenvalue weighted by Gasteiger charge is -2.13. The molecule has 50 heavy (non-hydrogen) atoms. The number of benzene rings is 4. The maximum Gasteiger partial charge on any atom is 0.306 e. The third-order valence-electron chi connectivity index (χ3n) is 6.81. The molecule has 0 atom stereocenters. The Bertz CT molecular complexity index is 1920. The fourth-order valence-electron chi connectivity index (χ4n) is 4.53. The summed E-state index contributed by atoms with van der Waals surface area (Å²) in [4.78, 5) is 63.0. The Morgan fingerprint density at radius 2 is 0.780 bits per heavy atom. The van der Waals surface area contributed by atoms with Crippen LogP contribution in [0.1, 0.15) is 11.1 Å². The summed E-state index contributed by atoms with van der Waals surface area (Å²) < 4.78 is 10.7. The van der Waals surface area contributed by atoms with Crippen molar-refractivity contribution in [2.45, 2.75) is 0 Å². The van der Waals surface area contributed by atoms with E-state index in [1.807, 2.05) is 0 Å². The number of non-ortho nitro benzene ring substituents is 2. The smallest absolute Gasteiger partial charge is 0.306 e. The predicted octanol–water partition coefficient (Wildman–Crippen LogP) is 6.81. The molecule has 0 bridgehead atoms. The van der Waals surface area contributed by atoms with Gasteiger partial charge >= 0.3 is 22.7 Å². The molecule has 0 radical (unpaired) electrons. The van der Waals surface area contributed by atoms with E-state index in [2.05, 4.69) is 10.6 Å². The standard InChI is InChI=1S/C28H20N8O14/c1-49-25-9-15(5-7-19(25)29-27-21(33(41)42)11-17(31(37)38)12-22(27)34(43)44)3-4-16-6-8-20(26(10-16)50-2)30-28-23(35(45)46)13-18(32(39)40)14-24(28)36(47)48/h3-14,29-30H,1-2H3/b4-3+. The van der Waals surface area contributed by atoms with Crippen LogP contribution >= 0.6 is 0 Å². The van der Waals surface area contributed by atoms with Crippen molar-refractivity contribution in [3.63, 3.8) is 0 Å². The van der Waals surface area contributed by atoms with E-state index in [-0.39, 0.29) is 22.9 Å². The maximum atomic E-state index is 11.7. The summed E-state index contributed by atoms with van der Waals surface area (Å²) in [5.74, 6) is 0.162. The van der Waals surface area contributed by atoms with Crippen molar-refractivity contribution in [3.05, 3.63) is 132 Å². The topological polar surface area (TPSA) is 301 Å². The molecular weight excluding hydrogens is 672 g/mol. The van der Waals surface area contributed by atoms with Crippen LogP contribution in [0.3, 0.4) is 0 Å². The van der Waals surface area contributed by atoms with E-state index in [0.29, 0.717) is 35.4 Å². The minimum absolute atomic E-state index is 0.0521. The first-order chi connectivity index (χ1) is 23.6. The number of nitro benzene ring substituents is 6. The summed E-state index contributed by atoms with van der Waals surface area (Å²) in [6.45, 7) is 0. The highest BCUT2D eigenvalue weighted by atomic mass is 16.6. The average Bonchev–Trinajstić information content (AvgIpc) is 3.07. The van der Waals surface area contributed by atoms with E-state index in [1.165, 1.54) is 50.6 Å². The van der Waals surface area contributed by atoms with E-state index in [4.69, 9.17) is 9.47 Å². The predicted molar refractivity (Wildman–Crippen MR) is 174 cm³/mol. The van der Waals surface area contributed by atoms with Gasteiger partial charge in [0, 0.05) is 0 Å². The zero-order valence-corrected chi connectivity index (χ0v) is 25.3. The molecule has 0 aliphatic rings. The second kappa shape index (κ2) is 14.3. The molecule has 0 heterocycles. The van der Waals surface area contributed by atoms with Crippen molar-refractivity contribution >= 4 is 69.0 Å². The minimum atomic E-state index is -1.00. The van der Waals surface area contributed by atoms with Crippen LogP contribution in [0.25, 0.3) is 12.2 Å². The molecule has 0 aliphatic carbocycles. The van der Waals surface area contributed by atoms with Gasteiger partial charge in [0.05, 0.1) is 79.4 Å². The summed E-state index contributed by atoms with van der Waals surface area (Å²) in [6.07, 6.45) is 3.19. The molecule has 256 valence electrons. The van der Waals surface area contributed by atoms with Crippen LogP contribution in [0, 0.1) is 60.7 Å². The van der Waals surface area contributed by atoms with E-state index in [1.54, 1.807) is 12.2 Å². The van der Waals surface area contributed by atoms with Gasteiger partial charge in [-0.15, -0.1) is 0 Å². The van der Waals surface area contributed by atoms with Gasteiger partial charge in [0.1, 0.15) is 11.5 Å². The summed E-state index contributed by atoms with van der Waals surface area (Å²) in [5, 5.41) is 74.1. The van der Waals surface area contributed by atoms with Crippen LogP contribution in [-0.4, -0.2) is 43.8 Å². The summed E-state index contributed by atoms with van der Waals surface area (Å²) in [6, 6.07) is 11.1. The van der Waals surface area contributed by atoms with Crippen LogP contribution in [0.15, 0.2) is 60.7 Å². The van der Waals surface area contributed by atoms with Gasteiger partial charge in [0.15, 0.2) is 11.4 Å². The number of nitrogens with zero attached hydrogens (tertiary/aromatic N) is 6. The third kappa shape index (κ3) is 7.43. The van der Waals surface area contributed by atoms with Crippen molar-refractivity contribution in [1.82, 2.24) is 0 Å². The van der Waals surface area contributed by atoms with Gasteiger partial charge in [-0.3, -0.25) is 60.7 Å². The Morgan fingerprint density at radius 1 is 0.480 bits per heavy atom. The Hall–Kier alpha value is -7.78. The fraction of sp³-hybridized carbons (Fsp3) is 0.0714. The van der Waals surface area contributed by atoms with Gasteiger partial charge in [-0.2, -0.15) is 0 Å². The number of ether oxygens (including phenoxy) is 2. The normalized spacial score (nSPS) is 10.7. The van der Waals surface area contributed by atoms with Crippen LogP contribution in [-0.2, 0) is 0 Å².